The van der Waals surface area contributed by atoms with Crippen molar-refractivity contribution in [3.05, 3.63) is 30.2 Å². The van der Waals surface area contributed by atoms with Crippen LogP contribution in [0.2, 0.25) is 0 Å². The molecule has 0 fully saturated rings. The molecule has 0 saturated heterocycles. The standard InChI is InChI=1S/C16H24N6O2/c1-12-4-5-18-13(10-12)21-15-14(17)16(20-11-19-15)22(6-8-23-2)7-9-24-3/h4-5,10-11H,6-9,17H2,1-3H3,(H,18,19,20,21). The molecule has 2 rings (SSSR count). The van der Waals surface area contributed by atoms with Gasteiger partial charge in [0.05, 0.1) is 13.2 Å². The number of aromatic nitrogens is 3. The van der Waals surface area contributed by atoms with Crippen LogP contribution in [0.4, 0.5) is 23.1 Å². The van der Waals surface area contributed by atoms with Crippen LogP contribution in [-0.4, -0.2) is 55.5 Å². The molecule has 0 saturated carbocycles. The summed E-state index contributed by atoms with van der Waals surface area (Å²) in [5.41, 5.74) is 7.84. The quantitative estimate of drug-likeness (QED) is 0.714. The zero-order valence-corrected chi connectivity index (χ0v) is 14.3. The molecule has 2 heterocycles. The fraction of sp³-hybridized carbons (Fsp3) is 0.438. The van der Waals surface area contributed by atoms with Gasteiger partial charge < -0.3 is 25.4 Å². The average Bonchev–Trinajstić information content (AvgIpc) is 2.57. The topological polar surface area (TPSA) is 98.4 Å². The van der Waals surface area contributed by atoms with Crippen molar-refractivity contribution in [3.63, 3.8) is 0 Å². The number of ether oxygens (including phenoxy) is 2. The van der Waals surface area contributed by atoms with Crippen LogP contribution in [0.5, 0.6) is 0 Å². The molecule has 0 aliphatic carbocycles. The Bertz CT molecular complexity index is 644. The van der Waals surface area contributed by atoms with E-state index in [2.05, 4.69) is 20.3 Å². The zero-order valence-electron chi connectivity index (χ0n) is 14.3. The largest absolute Gasteiger partial charge is 0.393 e. The number of nitrogens with one attached hydrogen (secondary N) is 1. The van der Waals surface area contributed by atoms with Gasteiger partial charge >= 0.3 is 0 Å². The van der Waals surface area contributed by atoms with E-state index in [0.717, 1.165) is 5.56 Å². The van der Waals surface area contributed by atoms with Gasteiger partial charge in [0.1, 0.15) is 17.8 Å². The molecule has 8 nitrogen and oxygen atoms in total. The lowest BCUT2D eigenvalue weighted by Crippen LogP contribution is -2.32. The molecular weight excluding hydrogens is 308 g/mol. The lowest BCUT2D eigenvalue weighted by molar-refractivity contribution is 0.190. The number of nitrogen functional groups attached to an aromatic ring is 1. The Labute approximate surface area is 142 Å². The monoisotopic (exact) mass is 332 g/mol. The van der Waals surface area contributed by atoms with Crippen LogP contribution >= 0.6 is 0 Å². The van der Waals surface area contributed by atoms with Crippen molar-refractivity contribution >= 4 is 23.1 Å². The summed E-state index contributed by atoms with van der Waals surface area (Å²) in [5.74, 6) is 1.86. The number of pyridine rings is 1. The maximum Gasteiger partial charge on any atom is 0.160 e. The van der Waals surface area contributed by atoms with Gasteiger partial charge in [0.2, 0.25) is 0 Å². The Kier molecular flexibility index (Phi) is 6.71. The van der Waals surface area contributed by atoms with E-state index < -0.39 is 0 Å². The van der Waals surface area contributed by atoms with Gasteiger partial charge in [-0.15, -0.1) is 0 Å². The number of hydrogen-bond acceptors (Lipinski definition) is 8. The first-order chi connectivity index (χ1) is 11.7. The van der Waals surface area contributed by atoms with Gasteiger partial charge in [-0.05, 0) is 24.6 Å². The Hall–Kier alpha value is -2.45. The number of hydrogen-bond donors (Lipinski definition) is 2. The van der Waals surface area contributed by atoms with E-state index >= 15 is 0 Å². The lowest BCUT2D eigenvalue weighted by atomic mass is 10.3. The molecule has 0 atom stereocenters. The Morgan fingerprint density at radius 2 is 1.83 bits per heavy atom. The summed E-state index contributed by atoms with van der Waals surface area (Å²) in [7, 11) is 3.32. The molecule has 130 valence electrons. The van der Waals surface area contributed by atoms with Crippen molar-refractivity contribution < 1.29 is 9.47 Å². The van der Waals surface area contributed by atoms with Crippen LogP contribution in [-0.2, 0) is 9.47 Å². The molecule has 2 aromatic heterocycles. The molecule has 0 radical (unpaired) electrons. The zero-order chi connectivity index (χ0) is 17.4. The number of methoxy groups -OCH3 is 2. The summed E-state index contributed by atoms with van der Waals surface area (Å²) in [6, 6.07) is 3.85. The van der Waals surface area contributed by atoms with Crippen molar-refractivity contribution in [2.24, 2.45) is 0 Å². The minimum atomic E-state index is 0.466. The number of nitrogens with zero attached hydrogens (tertiary/aromatic N) is 4. The van der Waals surface area contributed by atoms with Gasteiger partial charge in [-0.25, -0.2) is 15.0 Å². The van der Waals surface area contributed by atoms with Crippen LogP contribution in [0.25, 0.3) is 0 Å². The smallest absolute Gasteiger partial charge is 0.160 e. The van der Waals surface area contributed by atoms with E-state index in [1.54, 1.807) is 20.4 Å². The molecule has 24 heavy (non-hydrogen) atoms. The summed E-state index contributed by atoms with van der Waals surface area (Å²) in [5, 5.41) is 3.14. The summed E-state index contributed by atoms with van der Waals surface area (Å²) < 4.78 is 10.3. The van der Waals surface area contributed by atoms with Gasteiger partial charge in [-0.3, -0.25) is 0 Å². The molecule has 0 spiro atoms. The highest BCUT2D eigenvalue weighted by Crippen LogP contribution is 2.27. The van der Waals surface area contributed by atoms with E-state index in [0.29, 0.717) is 49.4 Å². The van der Waals surface area contributed by atoms with Crippen molar-refractivity contribution in [2.45, 2.75) is 6.92 Å². The van der Waals surface area contributed by atoms with Crippen LogP contribution < -0.4 is 16.0 Å². The first kappa shape index (κ1) is 17.9. The van der Waals surface area contributed by atoms with Gasteiger partial charge in [0.25, 0.3) is 0 Å². The fourth-order valence-electron chi connectivity index (χ4n) is 2.19. The third-order valence-corrected chi connectivity index (χ3v) is 3.45. The third kappa shape index (κ3) is 4.77. The highest BCUT2D eigenvalue weighted by Gasteiger charge is 2.15. The maximum atomic E-state index is 6.28. The number of rotatable bonds is 9. The Morgan fingerprint density at radius 3 is 2.46 bits per heavy atom. The first-order valence-corrected chi connectivity index (χ1v) is 7.68. The minimum Gasteiger partial charge on any atom is -0.393 e. The SMILES string of the molecule is COCCN(CCOC)c1ncnc(Nc2cc(C)ccn2)c1N. The first-order valence-electron chi connectivity index (χ1n) is 7.68. The van der Waals surface area contributed by atoms with Gasteiger partial charge in [-0.1, -0.05) is 0 Å². The summed E-state index contributed by atoms with van der Waals surface area (Å²) >= 11 is 0. The summed E-state index contributed by atoms with van der Waals surface area (Å²) in [6.07, 6.45) is 3.22. The normalized spacial score (nSPS) is 10.6. The minimum absolute atomic E-state index is 0.466. The van der Waals surface area contributed by atoms with Crippen molar-refractivity contribution in [1.82, 2.24) is 15.0 Å². The van der Waals surface area contributed by atoms with Gasteiger partial charge in [-0.2, -0.15) is 0 Å². The molecule has 0 amide bonds. The summed E-state index contributed by atoms with van der Waals surface area (Å²) in [4.78, 5) is 14.8. The van der Waals surface area contributed by atoms with Crippen molar-refractivity contribution in [2.75, 3.05) is 56.5 Å². The van der Waals surface area contributed by atoms with E-state index in [9.17, 15) is 0 Å². The molecule has 3 N–H and O–H groups in total. The highest BCUT2D eigenvalue weighted by atomic mass is 16.5. The molecule has 0 unspecified atom stereocenters. The molecule has 8 heteroatoms. The van der Waals surface area contributed by atoms with Crippen molar-refractivity contribution in [1.29, 1.82) is 0 Å². The molecular formula is C16H24N6O2. The number of anilines is 4. The van der Waals surface area contributed by atoms with Crippen LogP contribution in [0.3, 0.4) is 0 Å². The second-order valence-corrected chi connectivity index (χ2v) is 5.28. The molecule has 0 aliphatic heterocycles. The van der Waals surface area contributed by atoms with Crippen LogP contribution in [0.15, 0.2) is 24.7 Å². The molecule has 0 aliphatic rings. The van der Waals surface area contributed by atoms with E-state index in [-0.39, 0.29) is 0 Å². The predicted molar refractivity (Wildman–Crippen MR) is 94.7 cm³/mol. The summed E-state index contributed by atoms with van der Waals surface area (Å²) in [6.45, 7) is 4.44. The lowest BCUT2D eigenvalue weighted by Gasteiger charge is -2.25. The van der Waals surface area contributed by atoms with Crippen LogP contribution in [0.1, 0.15) is 5.56 Å². The van der Waals surface area contributed by atoms with Gasteiger partial charge in [0.15, 0.2) is 11.6 Å². The number of aryl methyl sites for hydroxylation is 1. The van der Waals surface area contributed by atoms with E-state index in [4.69, 9.17) is 15.2 Å². The van der Waals surface area contributed by atoms with E-state index in [1.165, 1.54) is 6.33 Å². The third-order valence-electron chi connectivity index (χ3n) is 3.45. The molecule has 2 aromatic rings. The van der Waals surface area contributed by atoms with Crippen molar-refractivity contribution in [3.8, 4) is 0 Å². The average molecular weight is 332 g/mol. The number of nitrogens with two attached hydrogens (primary N) is 1. The fourth-order valence-corrected chi connectivity index (χ4v) is 2.19. The van der Waals surface area contributed by atoms with Crippen LogP contribution in [0, 0.1) is 6.92 Å². The van der Waals surface area contributed by atoms with E-state index in [1.807, 2.05) is 24.0 Å². The maximum absolute atomic E-state index is 6.28. The Balaban J connectivity index is 2.23. The second kappa shape index (κ2) is 8.99. The Morgan fingerprint density at radius 1 is 1.12 bits per heavy atom. The second-order valence-electron chi connectivity index (χ2n) is 5.28. The predicted octanol–water partition coefficient (Wildman–Crippen LogP) is 1.61. The molecule has 0 bridgehead atoms. The highest BCUT2D eigenvalue weighted by molar-refractivity contribution is 5.77. The molecule has 0 aromatic carbocycles. The van der Waals surface area contributed by atoms with Gasteiger partial charge in [0, 0.05) is 33.5 Å².